The topological polar surface area (TPSA) is 67.9 Å². The predicted molar refractivity (Wildman–Crippen MR) is 110 cm³/mol. The Balaban J connectivity index is 1.31. The molecular weight excluding hydrogens is 376 g/mol. The first-order valence-corrected chi connectivity index (χ1v) is 9.83. The van der Waals surface area contributed by atoms with Gasteiger partial charge in [-0.3, -0.25) is 14.9 Å². The fourth-order valence-corrected chi connectivity index (χ4v) is 3.99. The number of nitrogens with zero attached hydrogens (tertiary/aromatic N) is 1. The van der Waals surface area contributed by atoms with Gasteiger partial charge in [-0.2, -0.15) is 0 Å². The molecule has 1 N–H and O–H groups in total. The molecule has 1 saturated heterocycles. The van der Waals surface area contributed by atoms with Crippen LogP contribution in [0, 0.1) is 0 Å². The molecule has 2 aliphatic heterocycles. The van der Waals surface area contributed by atoms with Crippen LogP contribution in [0.25, 0.3) is 6.08 Å². The Morgan fingerprint density at radius 2 is 1.93 bits per heavy atom. The molecule has 6 nitrogen and oxygen atoms in total. The minimum atomic E-state index is -0.348. The number of carbonyl (C=O) groups is 2. The third-order valence-electron chi connectivity index (χ3n) is 4.73. The summed E-state index contributed by atoms with van der Waals surface area (Å²) in [5.41, 5.74) is 3.40. The van der Waals surface area contributed by atoms with Crippen molar-refractivity contribution in [1.82, 2.24) is 5.32 Å². The molecular formula is C21H20N2O4S. The largest absolute Gasteiger partial charge is 0.497 e. The number of methoxy groups -OCH3 is 1. The maximum Gasteiger partial charge on any atom is 0.290 e. The van der Waals surface area contributed by atoms with Gasteiger partial charge in [-0.05, 0) is 65.7 Å². The summed E-state index contributed by atoms with van der Waals surface area (Å²) in [6.45, 7) is 2.37. The van der Waals surface area contributed by atoms with Crippen LogP contribution in [0.4, 0.5) is 10.5 Å². The van der Waals surface area contributed by atoms with E-state index in [4.69, 9.17) is 9.47 Å². The summed E-state index contributed by atoms with van der Waals surface area (Å²) in [6.07, 6.45) is 2.72. The summed E-state index contributed by atoms with van der Waals surface area (Å²) in [4.78, 5) is 25.5. The van der Waals surface area contributed by atoms with Gasteiger partial charge in [-0.25, -0.2) is 0 Å². The number of nitrogens with one attached hydrogen (secondary N) is 1. The molecule has 0 aliphatic carbocycles. The third kappa shape index (κ3) is 3.99. The van der Waals surface area contributed by atoms with E-state index in [1.807, 2.05) is 30.3 Å². The normalized spacial score (nSPS) is 17.0. The van der Waals surface area contributed by atoms with E-state index in [-0.39, 0.29) is 11.1 Å². The van der Waals surface area contributed by atoms with Crippen LogP contribution in [0.3, 0.4) is 0 Å². The van der Waals surface area contributed by atoms with Crippen LogP contribution in [-0.2, 0) is 11.2 Å². The van der Waals surface area contributed by atoms with Crippen molar-refractivity contribution in [1.29, 1.82) is 0 Å². The highest BCUT2D eigenvalue weighted by Gasteiger charge is 2.24. The van der Waals surface area contributed by atoms with E-state index in [2.05, 4.69) is 22.3 Å². The first-order valence-electron chi connectivity index (χ1n) is 9.02. The van der Waals surface area contributed by atoms with E-state index in [9.17, 15) is 9.59 Å². The van der Waals surface area contributed by atoms with E-state index in [1.54, 1.807) is 13.2 Å². The first kappa shape index (κ1) is 18.4. The number of thioether (sulfide) groups is 1. The van der Waals surface area contributed by atoms with Crippen molar-refractivity contribution >= 4 is 34.7 Å². The van der Waals surface area contributed by atoms with E-state index in [0.717, 1.165) is 48.3 Å². The van der Waals surface area contributed by atoms with E-state index in [0.29, 0.717) is 11.5 Å². The molecule has 0 spiro atoms. The second kappa shape index (κ2) is 7.98. The molecule has 144 valence electrons. The first-order chi connectivity index (χ1) is 13.6. The van der Waals surface area contributed by atoms with E-state index >= 15 is 0 Å². The maximum absolute atomic E-state index is 11.6. The summed E-state index contributed by atoms with van der Waals surface area (Å²) in [5, 5.41) is 1.91. The maximum atomic E-state index is 11.6. The molecule has 2 amide bonds. The van der Waals surface area contributed by atoms with Crippen LogP contribution >= 0.6 is 11.8 Å². The lowest BCUT2D eigenvalue weighted by Crippen LogP contribution is -2.26. The SMILES string of the molecule is COc1ccc2c(c1)CCN2CCOc1ccc(C=C2SC(=O)NC2=O)cc1. The quantitative estimate of drug-likeness (QED) is 0.755. The zero-order valence-electron chi connectivity index (χ0n) is 15.4. The minimum absolute atomic E-state index is 0.335. The smallest absolute Gasteiger partial charge is 0.290 e. The molecule has 2 aromatic rings. The van der Waals surface area contributed by atoms with E-state index < -0.39 is 0 Å². The zero-order chi connectivity index (χ0) is 19.5. The summed E-state index contributed by atoms with van der Waals surface area (Å²) in [6, 6.07) is 13.7. The van der Waals surface area contributed by atoms with Gasteiger partial charge in [0.05, 0.1) is 18.6 Å². The van der Waals surface area contributed by atoms with Crippen LogP contribution in [0.2, 0.25) is 0 Å². The molecule has 0 saturated carbocycles. The molecule has 28 heavy (non-hydrogen) atoms. The Kier molecular flexibility index (Phi) is 5.25. The average Bonchev–Trinajstić information content (AvgIpc) is 3.25. The molecule has 2 aromatic carbocycles. The third-order valence-corrected chi connectivity index (χ3v) is 5.54. The van der Waals surface area contributed by atoms with Gasteiger partial charge in [-0.15, -0.1) is 0 Å². The molecule has 2 heterocycles. The van der Waals surface area contributed by atoms with Gasteiger partial charge in [0.25, 0.3) is 11.1 Å². The number of hydrogen-bond donors (Lipinski definition) is 1. The predicted octanol–water partition coefficient (Wildman–Crippen LogP) is 3.46. The fourth-order valence-electron chi connectivity index (χ4n) is 3.31. The fraction of sp³-hybridized carbons (Fsp3) is 0.238. The van der Waals surface area contributed by atoms with Crippen molar-refractivity contribution in [2.75, 3.05) is 31.7 Å². The second-order valence-corrected chi connectivity index (χ2v) is 7.52. The Bertz CT molecular complexity index is 940. The number of ether oxygens (including phenoxy) is 2. The standard InChI is InChI=1S/C21H20N2O4S/c1-26-17-6-7-18-15(13-17)8-9-23(18)10-11-27-16-4-2-14(3-5-16)12-19-20(24)22-21(25)28-19/h2-7,12-13H,8-11H2,1H3,(H,22,24,25). The Morgan fingerprint density at radius 1 is 1.14 bits per heavy atom. The van der Waals surface area contributed by atoms with Crippen LogP contribution in [0.15, 0.2) is 47.4 Å². The highest BCUT2D eigenvalue weighted by atomic mass is 32.2. The molecule has 1 fully saturated rings. The van der Waals surface area contributed by atoms with Crippen molar-refractivity contribution in [3.63, 3.8) is 0 Å². The molecule has 0 bridgehead atoms. The monoisotopic (exact) mass is 396 g/mol. The van der Waals surface area contributed by atoms with Crippen molar-refractivity contribution in [3.8, 4) is 11.5 Å². The zero-order valence-corrected chi connectivity index (χ0v) is 16.3. The van der Waals surface area contributed by atoms with Crippen LogP contribution in [-0.4, -0.2) is 38.0 Å². The van der Waals surface area contributed by atoms with Gasteiger partial charge in [0.2, 0.25) is 0 Å². The van der Waals surface area contributed by atoms with E-state index in [1.165, 1.54) is 11.3 Å². The minimum Gasteiger partial charge on any atom is -0.497 e. The number of carbonyl (C=O) groups excluding carboxylic acids is 2. The highest BCUT2D eigenvalue weighted by molar-refractivity contribution is 8.18. The van der Waals surface area contributed by atoms with Crippen LogP contribution < -0.4 is 19.7 Å². The van der Waals surface area contributed by atoms with Gasteiger partial charge < -0.3 is 14.4 Å². The number of amides is 2. The number of benzene rings is 2. The molecule has 7 heteroatoms. The summed E-state index contributed by atoms with van der Waals surface area (Å²) >= 11 is 0.914. The number of hydrogen-bond acceptors (Lipinski definition) is 6. The van der Waals surface area contributed by atoms with Crippen molar-refractivity contribution in [2.45, 2.75) is 6.42 Å². The van der Waals surface area contributed by atoms with Gasteiger partial charge in [0.1, 0.15) is 18.1 Å². The number of anilines is 1. The van der Waals surface area contributed by atoms with Crippen molar-refractivity contribution in [2.24, 2.45) is 0 Å². The molecule has 4 rings (SSSR count). The van der Waals surface area contributed by atoms with Crippen LogP contribution in [0.5, 0.6) is 11.5 Å². The summed E-state index contributed by atoms with van der Waals surface area (Å²) < 4.78 is 11.2. The summed E-state index contributed by atoms with van der Waals surface area (Å²) in [7, 11) is 1.69. The van der Waals surface area contributed by atoms with Crippen molar-refractivity contribution in [3.05, 3.63) is 58.5 Å². The Labute approximate surface area is 167 Å². The van der Waals surface area contributed by atoms with Gasteiger partial charge in [0, 0.05) is 12.2 Å². The lowest BCUT2D eigenvalue weighted by Gasteiger charge is -2.19. The summed E-state index contributed by atoms with van der Waals surface area (Å²) in [5.74, 6) is 1.32. The molecule has 0 radical (unpaired) electrons. The average molecular weight is 396 g/mol. The van der Waals surface area contributed by atoms with Crippen molar-refractivity contribution < 1.29 is 19.1 Å². The number of imide groups is 1. The number of rotatable bonds is 6. The van der Waals surface area contributed by atoms with Gasteiger partial charge in [-0.1, -0.05) is 12.1 Å². The van der Waals surface area contributed by atoms with Gasteiger partial charge in [0.15, 0.2) is 0 Å². The Morgan fingerprint density at radius 3 is 2.64 bits per heavy atom. The van der Waals surface area contributed by atoms with Gasteiger partial charge >= 0.3 is 0 Å². The number of fused-ring (bicyclic) bond motifs is 1. The highest BCUT2D eigenvalue weighted by Crippen LogP contribution is 2.31. The molecule has 2 aliphatic rings. The lowest BCUT2D eigenvalue weighted by atomic mass is 10.1. The molecule has 0 aromatic heterocycles. The molecule has 0 unspecified atom stereocenters. The lowest BCUT2D eigenvalue weighted by molar-refractivity contribution is -0.115. The Hall–Kier alpha value is -2.93. The second-order valence-electron chi connectivity index (χ2n) is 6.50. The molecule has 0 atom stereocenters. The van der Waals surface area contributed by atoms with Crippen LogP contribution in [0.1, 0.15) is 11.1 Å².